The number of nitro benzene ring substituents is 1. The summed E-state index contributed by atoms with van der Waals surface area (Å²) in [5.41, 5.74) is 4.09. The van der Waals surface area contributed by atoms with Crippen molar-refractivity contribution in [2.24, 2.45) is 5.10 Å². The van der Waals surface area contributed by atoms with Crippen molar-refractivity contribution in [3.8, 4) is 0 Å². The maximum absolute atomic E-state index is 10.9. The number of nitrogens with one attached hydrogen (secondary N) is 2. The SMILES string of the molecule is O=[N+]([O-])c1cccc(C=NNc2nc(Nc3ccc(Cl)cc3)nc(N3CCOCC3)n2)c1. The number of morpholine rings is 1. The molecule has 164 valence electrons. The Balaban J connectivity index is 1.56. The van der Waals surface area contributed by atoms with Crippen molar-refractivity contribution in [3.05, 3.63) is 69.2 Å². The van der Waals surface area contributed by atoms with Crippen LogP contribution < -0.4 is 15.6 Å². The van der Waals surface area contributed by atoms with Crippen molar-refractivity contribution in [2.75, 3.05) is 41.9 Å². The van der Waals surface area contributed by atoms with Crippen molar-refractivity contribution in [2.45, 2.75) is 0 Å². The van der Waals surface area contributed by atoms with Gasteiger partial charge in [0.1, 0.15) is 0 Å². The van der Waals surface area contributed by atoms with E-state index in [-0.39, 0.29) is 11.6 Å². The molecule has 4 rings (SSSR count). The number of nitro groups is 1. The Hall–Kier alpha value is -3.83. The minimum atomic E-state index is -0.458. The Morgan fingerprint density at radius 3 is 2.59 bits per heavy atom. The van der Waals surface area contributed by atoms with E-state index < -0.39 is 4.92 Å². The fraction of sp³-hybridized carbons (Fsp3) is 0.200. The third kappa shape index (κ3) is 5.65. The summed E-state index contributed by atoms with van der Waals surface area (Å²) >= 11 is 5.95. The van der Waals surface area contributed by atoms with E-state index in [0.717, 1.165) is 5.69 Å². The second-order valence-corrected chi connectivity index (χ2v) is 7.17. The molecule has 1 aromatic heterocycles. The summed E-state index contributed by atoms with van der Waals surface area (Å²) in [4.78, 5) is 25.8. The largest absolute Gasteiger partial charge is 0.378 e. The van der Waals surface area contributed by atoms with Gasteiger partial charge in [0.2, 0.25) is 17.8 Å². The van der Waals surface area contributed by atoms with E-state index in [9.17, 15) is 10.1 Å². The molecular weight excluding hydrogens is 436 g/mol. The van der Waals surface area contributed by atoms with Crippen LogP contribution in [0.25, 0.3) is 0 Å². The van der Waals surface area contributed by atoms with Crippen LogP contribution in [0.1, 0.15) is 5.56 Å². The number of hydrogen-bond donors (Lipinski definition) is 2. The zero-order chi connectivity index (χ0) is 22.3. The fourth-order valence-corrected chi connectivity index (χ4v) is 3.05. The van der Waals surface area contributed by atoms with Crippen molar-refractivity contribution < 1.29 is 9.66 Å². The number of aromatic nitrogens is 3. The molecule has 0 aliphatic carbocycles. The number of halogens is 1. The lowest BCUT2D eigenvalue weighted by molar-refractivity contribution is -0.384. The molecular formula is C20H19ClN8O3. The Bertz CT molecular complexity index is 1120. The number of ether oxygens (including phenoxy) is 1. The van der Waals surface area contributed by atoms with Gasteiger partial charge >= 0.3 is 0 Å². The van der Waals surface area contributed by atoms with Gasteiger partial charge in [0, 0.05) is 41.5 Å². The number of hydrazone groups is 1. The molecule has 0 amide bonds. The van der Waals surface area contributed by atoms with Crippen LogP contribution in [0, 0.1) is 10.1 Å². The molecule has 32 heavy (non-hydrogen) atoms. The molecule has 3 aromatic rings. The number of rotatable bonds is 7. The Labute approximate surface area is 188 Å². The van der Waals surface area contributed by atoms with Gasteiger partial charge in [-0.1, -0.05) is 23.7 Å². The van der Waals surface area contributed by atoms with Gasteiger partial charge < -0.3 is 15.0 Å². The van der Waals surface area contributed by atoms with Gasteiger partial charge in [-0.15, -0.1) is 0 Å². The minimum absolute atomic E-state index is 0.0156. The first kappa shape index (κ1) is 21.4. The molecule has 1 aliphatic heterocycles. The Morgan fingerprint density at radius 1 is 1.09 bits per heavy atom. The number of non-ortho nitro benzene ring substituents is 1. The summed E-state index contributed by atoms with van der Waals surface area (Å²) in [7, 11) is 0. The van der Waals surface area contributed by atoms with Crippen molar-refractivity contribution in [1.82, 2.24) is 15.0 Å². The number of benzene rings is 2. The normalized spacial score (nSPS) is 13.8. The molecule has 2 aromatic carbocycles. The van der Waals surface area contributed by atoms with Crippen LogP contribution in [-0.2, 0) is 4.74 Å². The predicted octanol–water partition coefficient (Wildman–Crippen LogP) is 3.46. The van der Waals surface area contributed by atoms with E-state index in [1.807, 2.05) is 17.0 Å². The van der Waals surface area contributed by atoms with Gasteiger partial charge in [-0.2, -0.15) is 20.1 Å². The first-order valence-electron chi connectivity index (χ1n) is 9.72. The van der Waals surface area contributed by atoms with Gasteiger partial charge in [-0.3, -0.25) is 10.1 Å². The standard InChI is InChI=1S/C20H19ClN8O3/c21-15-4-6-16(7-5-15)23-18-24-19(26-20(25-18)28-8-10-32-11-9-28)27-22-13-14-2-1-3-17(12-14)29(30)31/h1-7,12-13H,8-11H2,(H2,23,24,25,26,27). The molecule has 0 saturated carbocycles. The number of anilines is 4. The molecule has 12 heteroatoms. The Morgan fingerprint density at radius 2 is 1.84 bits per heavy atom. The monoisotopic (exact) mass is 454 g/mol. The average Bonchev–Trinajstić information content (AvgIpc) is 2.81. The Kier molecular flexibility index (Phi) is 6.68. The zero-order valence-corrected chi connectivity index (χ0v) is 17.6. The summed E-state index contributed by atoms with van der Waals surface area (Å²) in [6.07, 6.45) is 1.46. The summed E-state index contributed by atoms with van der Waals surface area (Å²) in [5, 5.41) is 18.8. The second kappa shape index (κ2) is 9.98. The minimum Gasteiger partial charge on any atom is -0.378 e. The lowest BCUT2D eigenvalue weighted by Gasteiger charge is -2.27. The van der Waals surface area contributed by atoms with Crippen LogP contribution in [0.5, 0.6) is 0 Å². The summed E-state index contributed by atoms with van der Waals surface area (Å²) in [6.45, 7) is 2.47. The molecule has 0 radical (unpaired) electrons. The van der Waals surface area contributed by atoms with E-state index in [2.05, 4.69) is 30.8 Å². The molecule has 1 aliphatic rings. The molecule has 2 N–H and O–H groups in total. The van der Waals surface area contributed by atoms with E-state index in [0.29, 0.717) is 48.8 Å². The van der Waals surface area contributed by atoms with Crippen molar-refractivity contribution >= 4 is 47.0 Å². The van der Waals surface area contributed by atoms with E-state index in [4.69, 9.17) is 16.3 Å². The predicted molar refractivity (Wildman–Crippen MR) is 122 cm³/mol. The highest BCUT2D eigenvalue weighted by Crippen LogP contribution is 2.20. The lowest BCUT2D eigenvalue weighted by atomic mass is 10.2. The maximum Gasteiger partial charge on any atom is 0.270 e. The molecule has 1 saturated heterocycles. The molecule has 1 fully saturated rings. The van der Waals surface area contributed by atoms with E-state index in [1.165, 1.54) is 18.3 Å². The maximum atomic E-state index is 10.9. The van der Waals surface area contributed by atoms with Gasteiger partial charge in [-0.05, 0) is 24.3 Å². The molecule has 0 spiro atoms. The van der Waals surface area contributed by atoms with Crippen molar-refractivity contribution in [3.63, 3.8) is 0 Å². The average molecular weight is 455 g/mol. The molecule has 11 nitrogen and oxygen atoms in total. The summed E-state index contributed by atoms with van der Waals surface area (Å²) < 4.78 is 5.40. The summed E-state index contributed by atoms with van der Waals surface area (Å²) in [6, 6.07) is 13.3. The van der Waals surface area contributed by atoms with Crippen LogP contribution in [0.15, 0.2) is 53.6 Å². The van der Waals surface area contributed by atoms with Crippen LogP contribution in [0.2, 0.25) is 5.02 Å². The first-order valence-corrected chi connectivity index (χ1v) is 10.1. The van der Waals surface area contributed by atoms with E-state index >= 15 is 0 Å². The highest BCUT2D eigenvalue weighted by molar-refractivity contribution is 6.30. The zero-order valence-electron chi connectivity index (χ0n) is 16.8. The lowest BCUT2D eigenvalue weighted by Crippen LogP contribution is -2.37. The fourth-order valence-electron chi connectivity index (χ4n) is 2.92. The van der Waals surface area contributed by atoms with Crippen molar-refractivity contribution in [1.29, 1.82) is 0 Å². The molecule has 0 unspecified atom stereocenters. The third-order valence-corrected chi connectivity index (χ3v) is 4.73. The first-order chi connectivity index (χ1) is 15.6. The van der Waals surface area contributed by atoms with Gasteiger partial charge in [-0.25, -0.2) is 5.43 Å². The van der Waals surface area contributed by atoms with Gasteiger partial charge in [0.25, 0.3) is 5.69 Å². The van der Waals surface area contributed by atoms with Gasteiger partial charge in [0.15, 0.2) is 0 Å². The second-order valence-electron chi connectivity index (χ2n) is 6.74. The van der Waals surface area contributed by atoms with Crippen LogP contribution in [0.4, 0.5) is 29.2 Å². The highest BCUT2D eigenvalue weighted by Gasteiger charge is 2.16. The smallest absolute Gasteiger partial charge is 0.270 e. The quantitative estimate of drug-likeness (QED) is 0.313. The molecule has 0 atom stereocenters. The van der Waals surface area contributed by atoms with E-state index in [1.54, 1.807) is 24.3 Å². The number of hydrogen-bond acceptors (Lipinski definition) is 10. The highest BCUT2D eigenvalue weighted by atomic mass is 35.5. The molecule has 0 bridgehead atoms. The topological polar surface area (TPSA) is 131 Å². The van der Waals surface area contributed by atoms with Crippen LogP contribution in [-0.4, -0.2) is 52.4 Å². The van der Waals surface area contributed by atoms with Gasteiger partial charge in [0.05, 0.1) is 24.4 Å². The number of nitrogens with zero attached hydrogens (tertiary/aromatic N) is 6. The van der Waals surface area contributed by atoms with Crippen LogP contribution in [0.3, 0.4) is 0 Å². The molecule has 2 heterocycles. The summed E-state index contributed by atoms with van der Waals surface area (Å²) in [5.74, 6) is 1.03. The third-order valence-electron chi connectivity index (χ3n) is 4.48. The van der Waals surface area contributed by atoms with Crippen LogP contribution >= 0.6 is 11.6 Å².